The quantitative estimate of drug-likeness (QED) is 0.863. The molecule has 0 radical (unpaired) electrons. The summed E-state index contributed by atoms with van der Waals surface area (Å²) in [6.45, 7) is 0. The Morgan fingerprint density at radius 2 is 1.54 bits per heavy atom. The number of nitrogens with zero attached hydrogens (tertiary/aromatic N) is 1. The van der Waals surface area contributed by atoms with Gasteiger partial charge < -0.3 is 5.32 Å². The molecule has 2 aromatic carbocycles. The first-order chi connectivity index (χ1) is 12.6. The van der Waals surface area contributed by atoms with Crippen LogP contribution >= 0.6 is 0 Å². The third-order valence-corrected chi connectivity index (χ3v) is 5.10. The maximum Gasteiger partial charge on any atom is 0.266 e. The molecule has 5 heteroatoms. The number of anilines is 1. The van der Waals surface area contributed by atoms with Gasteiger partial charge in [-0.05, 0) is 43.2 Å². The van der Waals surface area contributed by atoms with Crippen LogP contribution in [-0.2, 0) is 0 Å². The minimum atomic E-state index is -0.351. The van der Waals surface area contributed by atoms with Crippen molar-refractivity contribution in [2.75, 3.05) is 4.90 Å². The van der Waals surface area contributed by atoms with Crippen molar-refractivity contribution in [1.82, 2.24) is 5.32 Å². The lowest BCUT2D eigenvalue weighted by atomic mass is 9.95. The molecule has 1 heterocycles. The highest BCUT2D eigenvalue weighted by Gasteiger charge is 2.36. The van der Waals surface area contributed by atoms with Crippen molar-refractivity contribution in [3.63, 3.8) is 0 Å². The standard InChI is InChI=1S/C21H20N2O3/c24-19(22-15-8-2-1-3-9-15)14-7-6-10-16(13-14)23-20(25)17-11-4-5-12-18(17)21(23)26/h4-7,10-13,15H,1-3,8-9H2,(H,22,24). The molecule has 1 saturated carbocycles. The lowest BCUT2D eigenvalue weighted by Gasteiger charge is -2.23. The van der Waals surface area contributed by atoms with Gasteiger partial charge in [-0.1, -0.05) is 37.5 Å². The number of rotatable bonds is 3. The van der Waals surface area contributed by atoms with Gasteiger partial charge in [-0.15, -0.1) is 0 Å². The van der Waals surface area contributed by atoms with Crippen molar-refractivity contribution < 1.29 is 14.4 Å². The van der Waals surface area contributed by atoms with Crippen molar-refractivity contribution in [2.45, 2.75) is 38.1 Å². The average molecular weight is 348 g/mol. The van der Waals surface area contributed by atoms with Crippen molar-refractivity contribution in [1.29, 1.82) is 0 Å². The van der Waals surface area contributed by atoms with Gasteiger partial charge in [0.25, 0.3) is 17.7 Å². The largest absolute Gasteiger partial charge is 0.349 e. The molecular weight excluding hydrogens is 328 g/mol. The summed E-state index contributed by atoms with van der Waals surface area (Å²) in [4.78, 5) is 38.9. The van der Waals surface area contributed by atoms with Gasteiger partial charge in [0, 0.05) is 11.6 Å². The van der Waals surface area contributed by atoms with Crippen LogP contribution in [0, 0.1) is 0 Å². The van der Waals surface area contributed by atoms with E-state index >= 15 is 0 Å². The molecule has 2 aliphatic rings. The summed E-state index contributed by atoms with van der Waals surface area (Å²) < 4.78 is 0. The number of hydrogen-bond donors (Lipinski definition) is 1. The maximum absolute atomic E-state index is 12.6. The molecule has 0 bridgehead atoms. The van der Waals surface area contributed by atoms with E-state index in [1.165, 1.54) is 6.42 Å². The smallest absolute Gasteiger partial charge is 0.266 e. The summed E-state index contributed by atoms with van der Waals surface area (Å²) >= 11 is 0. The number of hydrogen-bond acceptors (Lipinski definition) is 3. The molecular formula is C21H20N2O3. The van der Waals surface area contributed by atoms with E-state index in [1.54, 1.807) is 48.5 Å². The van der Waals surface area contributed by atoms with Gasteiger partial charge in [-0.25, -0.2) is 4.90 Å². The molecule has 132 valence electrons. The highest BCUT2D eigenvalue weighted by atomic mass is 16.2. The third-order valence-electron chi connectivity index (χ3n) is 5.10. The monoisotopic (exact) mass is 348 g/mol. The molecule has 1 N–H and O–H groups in total. The zero-order valence-corrected chi connectivity index (χ0v) is 14.4. The molecule has 0 saturated heterocycles. The first kappa shape index (κ1) is 16.5. The van der Waals surface area contributed by atoms with Crippen molar-refractivity contribution in [3.8, 4) is 0 Å². The summed E-state index contributed by atoms with van der Waals surface area (Å²) in [6, 6.07) is 13.7. The molecule has 26 heavy (non-hydrogen) atoms. The van der Waals surface area contributed by atoms with Gasteiger partial charge in [-0.3, -0.25) is 14.4 Å². The molecule has 0 aromatic heterocycles. The van der Waals surface area contributed by atoms with Gasteiger partial charge in [-0.2, -0.15) is 0 Å². The van der Waals surface area contributed by atoms with Gasteiger partial charge in [0.15, 0.2) is 0 Å². The summed E-state index contributed by atoms with van der Waals surface area (Å²) in [5.41, 5.74) is 1.68. The molecule has 1 fully saturated rings. The predicted octanol–water partition coefficient (Wildman–Crippen LogP) is 3.55. The van der Waals surface area contributed by atoms with E-state index < -0.39 is 0 Å². The summed E-state index contributed by atoms with van der Waals surface area (Å²) in [7, 11) is 0. The van der Waals surface area contributed by atoms with Crippen LogP contribution in [0.2, 0.25) is 0 Å². The van der Waals surface area contributed by atoms with E-state index in [2.05, 4.69) is 5.32 Å². The Bertz CT molecular complexity index is 849. The lowest BCUT2D eigenvalue weighted by molar-refractivity contribution is 0.0911. The predicted molar refractivity (Wildman–Crippen MR) is 98.4 cm³/mol. The van der Waals surface area contributed by atoms with Crippen LogP contribution in [-0.4, -0.2) is 23.8 Å². The first-order valence-electron chi connectivity index (χ1n) is 9.04. The Hall–Kier alpha value is -2.95. The summed E-state index contributed by atoms with van der Waals surface area (Å²) in [5, 5.41) is 3.07. The van der Waals surface area contributed by atoms with Gasteiger partial charge in [0.1, 0.15) is 0 Å². The Balaban J connectivity index is 1.57. The Morgan fingerprint density at radius 1 is 0.885 bits per heavy atom. The molecule has 3 amide bonds. The van der Waals surface area contributed by atoms with E-state index in [1.807, 2.05) is 0 Å². The number of fused-ring (bicyclic) bond motifs is 1. The Kier molecular flexibility index (Phi) is 4.29. The van der Waals surface area contributed by atoms with Crippen LogP contribution < -0.4 is 10.2 Å². The molecule has 4 rings (SSSR count). The van der Waals surface area contributed by atoms with Crippen LogP contribution in [0.15, 0.2) is 48.5 Å². The second-order valence-electron chi connectivity index (χ2n) is 6.85. The molecule has 0 spiro atoms. The summed E-state index contributed by atoms with van der Waals surface area (Å²) in [5.74, 6) is -0.860. The van der Waals surface area contributed by atoms with Crippen molar-refractivity contribution in [2.24, 2.45) is 0 Å². The maximum atomic E-state index is 12.6. The number of carbonyl (C=O) groups is 3. The zero-order chi connectivity index (χ0) is 18.1. The van der Waals surface area contributed by atoms with Gasteiger partial charge in [0.2, 0.25) is 0 Å². The number of carbonyl (C=O) groups excluding carboxylic acids is 3. The van der Waals surface area contributed by atoms with Gasteiger partial charge in [0.05, 0.1) is 16.8 Å². The van der Waals surface area contributed by atoms with E-state index in [4.69, 9.17) is 0 Å². The normalized spacial score (nSPS) is 17.3. The molecule has 2 aromatic rings. The fourth-order valence-electron chi connectivity index (χ4n) is 3.73. The van der Waals surface area contributed by atoms with E-state index in [0.29, 0.717) is 22.4 Å². The van der Waals surface area contributed by atoms with Crippen LogP contribution in [0.25, 0.3) is 0 Å². The zero-order valence-electron chi connectivity index (χ0n) is 14.4. The van der Waals surface area contributed by atoms with E-state index in [0.717, 1.165) is 30.6 Å². The molecule has 1 aliphatic heterocycles. The minimum Gasteiger partial charge on any atom is -0.349 e. The van der Waals surface area contributed by atoms with Crippen molar-refractivity contribution in [3.05, 3.63) is 65.2 Å². The molecule has 1 aliphatic carbocycles. The second-order valence-corrected chi connectivity index (χ2v) is 6.85. The van der Waals surface area contributed by atoms with Crippen molar-refractivity contribution >= 4 is 23.4 Å². The van der Waals surface area contributed by atoms with Crippen LogP contribution in [0.5, 0.6) is 0 Å². The fourth-order valence-corrected chi connectivity index (χ4v) is 3.73. The van der Waals surface area contributed by atoms with E-state index in [-0.39, 0.29) is 23.8 Å². The van der Waals surface area contributed by atoms with Gasteiger partial charge >= 0.3 is 0 Å². The first-order valence-corrected chi connectivity index (χ1v) is 9.04. The highest BCUT2D eigenvalue weighted by Crippen LogP contribution is 2.28. The number of benzene rings is 2. The topological polar surface area (TPSA) is 66.5 Å². The summed E-state index contributed by atoms with van der Waals surface area (Å²) in [6.07, 6.45) is 5.51. The molecule has 5 nitrogen and oxygen atoms in total. The van der Waals surface area contributed by atoms with Crippen LogP contribution in [0.4, 0.5) is 5.69 Å². The number of nitrogens with one attached hydrogen (secondary N) is 1. The highest BCUT2D eigenvalue weighted by molar-refractivity contribution is 6.34. The number of imide groups is 1. The Labute approximate surface area is 152 Å². The Morgan fingerprint density at radius 3 is 2.19 bits per heavy atom. The minimum absolute atomic E-state index is 0.157. The SMILES string of the molecule is O=C(NC1CCCCC1)c1cccc(N2C(=O)c3ccccc3C2=O)c1. The lowest BCUT2D eigenvalue weighted by Crippen LogP contribution is -2.36. The van der Waals surface area contributed by atoms with E-state index in [9.17, 15) is 14.4 Å². The number of amides is 3. The fraction of sp³-hybridized carbons (Fsp3) is 0.286. The molecule has 0 unspecified atom stereocenters. The average Bonchev–Trinajstić information content (AvgIpc) is 2.94. The van der Waals surface area contributed by atoms with Crippen LogP contribution in [0.3, 0.4) is 0 Å². The third kappa shape index (κ3) is 2.90. The molecule has 0 atom stereocenters. The second kappa shape index (κ2) is 6.75. The van der Waals surface area contributed by atoms with Crippen LogP contribution in [0.1, 0.15) is 63.2 Å².